The zero-order chi connectivity index (χ0) is 13.4. The van der Waals surface area contributed by atoms with Gasteiger partial charge < -0.3 is 20.1 Å². The number of aromatic nitrogens is 2. The van der Waals surface area contributed by atoms with Crippen LogP contribution in [0.3, 0.4) is 0 Å². The largest absolute Gasteiger partial charge is 0.394 e. The first-order chi connectivity index (χ1) is 8.45. The van der Waals surface area contributed by atoms with Crippen LogP contribution in [-0.2, 0) is 4.74 Å². The first-order valence-corrected chi connectivity index (χ1v) is 5.40. The second kappa shape index (κ2) is 6.18. The van der Waals surface area contributed by atoms with Gasteiger partial charge in [0.05, 0.1) is 6.61 Å². The molecule has 0 unspecified atom stereocenters. The summed E-state index contributed by atoms with van der Waals surface area (Å²) < 4.78 is 6.17. The fourth-order valence-corrected chi connectivity index (χ4v) is 1.88. The molecule has 2 heterocycles. The zero-order valence-electron chi connectivity index (χ0n) is 10.1. The van der Waals surface area contributed by atoms with E-state index in [2.05, 4.69) is 4.98 Å². The number of hydrogen-bond donors (Lipinski definition) is 4. The summed E-state index contributed by atoms with van der Waals surface area (Å²) >= 11 is 0. The van der Waals surface area contributed by atoms with Gasteiger partial charge in [0.1, 0.15) is 18.3 Å². The van der Waals surface area contributed by atoms with Crippen LogP contribution in [0, 0.1) is 6.92 Å². The molecule has 0 amide bonds. The van der Waals surface area contributed by atoms with E-state index < -0.39 is 42.4 Å². The van der Waals surface area contributed by atoms with Crippen molar-refractivity contribution in [1.82, 2.24) is 9.55 Å². The third-order valence-electron chi connectivity index (χ3n) is 2.94. The molecular weight excluding hydrogens is 363 g/mol. The number of aryl methyl sites for hydroxylation is 1. The van der Waals surface area contributed by atoms with Crippen LogP contribution in [-0.4, -0.2) is 73.7 Å². The molecule has 1 fully saturated rings. The van der Waals surface area contributed by atoms with Crippen LogP contribution in [0.5, 0.6) is 0 Å². The average molecular weight is 377 g/mol. The van der Waals surface area contributed by atoms with Gasteiger partial charge in [0.2, 0.25) is 0 Å². The molecule has 1 aromatic rings. The maximum atomic E-state index is 11.6. The molecular formula is C10H14N2O6Sn. The van der Waals surface area contributed by atoms with Crippen LogP contribution >= 0.6 is 0 Å². The first-order valence-electron chi connectivity index (χ1n) is 5.40. The minimum absolute atomic E-state index is 0. The minimum atomic E-state index is -1.36. The summed E-state index contributed by atoms with van der Waals surface area (Å²) in [6.07, 6.45) is -3.52. The molecule has 9 heteroatoms. The Morgan fingerprint density at radius 3 is 2.53 bits per heavy atom. The fraction of sp³-hybridized carbons (Fsp3) is 0.600. The van der Waals surface area contributed by atoms with Crippen molar-refractivity contribution in [2.24, 2.45) is 0 Å². The molecule has 1 aliphatic heterocycles. The maximum absolute atomic E-state index is 11.6. The molecule has 8 nitrogen and oxygen atoms in total. The summed E-state index contributed by atoms with van der Waals surface area (Å²) in [5.41, 5.74) is -1.00. The number of aliphatic hydroxyl groups is 3. The van der Waals surface area contributed by atoms with E-state index in [9.17, 15) is 19.8 Å². The van der Waals surface area contributed by atoms with Crippen molar-refractivity contribution in [3.05, 3.63) is 32.6 Å². The molecule has 2 rings (SSSR count). The third kappa shape index (κ3) is 2.92. The van der Waals surface area contributed by atoms with Crippen LogP contribution in [0.15, 0.2) is 15.8 Å². The topological polar surface area (TPSA) is 125 Å². The van der Waals surface area contributed by atoms with Gasteiger partial charge in [0.25, 0.3) is 5.56 Å². The van der Waals surface area contributed by atoms with E-state index in [0.29, 0.717) is 0 Å². The smallest absolute Gasteiger partial charge is 0.330 e. The van der Waals surface area contributed by atoms with E-state index in [1.54, 1.807) is 0 Å². The molecule has 1 aromatic heterocycles. The standard InChI is InChI=1S/C10H14N2O6.Sn/c1-4-2-12(10(17)11-8(4)16)9-7(15)6(14)5(3-13)18-9;/h2,5-7,9,13-15H,3H2,1H3,(H,11,16,17);/t5-,6-,7-,9-;/m1./s1. The predicted octanol–water partition coefficient (Wildman–Crippen LogP) is -2.92. The van der Waals surface area contributed by atoms with Gasteiger partial charge in [0, 0.05) is 35.7 Å². The van der Waals surface area contributed by atoms with Crippen molar-refractivity contribution in [1.29, 1.82) is 0 Å². The molecule has 1 aliphatic rings. The van der Waals surface area contributed by atoms with Crippen molar-refractivity contribution in [2.45, 2.75) is 31.5 Å². The third-order valence-corrected chi connectivity index (χ3v) is 2.94. The average Bonchev–Trinajstić information content (AvgIpc) is 2.61. The normalized spacial score (nSPS) is 30.1. The van der Waals surface area contributed by atoms with Crippen molar-refractivity contribution in [3.63, 3.8) is 0 Å². The van der Waals surface area contributed by atoms with E-state index >= 15 is 0 Å². The molecule has 0 aliphatic carbocycles. The predicted molar refractivity (Wildman–Crippen MR) is 64.8 cm³/mol. The van der Waals surface area contributed by atoms with E-state index in [4.69, 9.17) is 9.84 Å². The van der Waals surface area contributed by atoms with Crippen molar-refractivity contribution >= 4 is 23.9 Å². The Balaban J connectivity index is 0.00000180. The number of nitrogens with one attached hydrogen (secondary N) is 1. The van der Waals surface area contributed by atoms with Crippen LogP contribution in [0.1, 0.15) is 11.8 Å². The Kier molecular flexibility index (Phi) is 5.33. The van der Waals surface area contributed by atoms with Crippen LogP contribution in [0.4, 0.5) is 0 Å². The number of aromatic amines is 1. The molecule has 0 spiro atoms. The van der Waals surface area contributed by atoms with Crippen LogP contribution in [0.25, 0.3) is 0 Å². The van der Waals surface area contributed by atoms with Crippen molar-refractivity contribution < 1.29 is 20.1 Å². The van der Waals surface area contributed by atoms with E-state index in [0.717, 1.165) is 4.57 Å². The Hall–Kier alpha value is -0.681. The summed E-state index contributed by atoms with van der Waals surface area (Å²) in [5, 5.41) is 28.3. The molecule has 0 aromatic carbocycles. The number of hydrogen-bond acceptors (Lipinski definition) is 6. The van der Waals surface area contributed by atoms with Crippen molar-refractivity contribution in [2.75, 3.05) is 6.61 Å². The molecule has 1 saturated heterocycles. The van der Waals surface area contributed by atoms with Gasteiger partial charge in [0.15, 0.2) is 6.23 Å². The zero-order valence-corrected chi connectivity index (χ0v) is 13.0. The van der Waals surface area contributed by atoms with Gasteiger partial charge in [-0.05, 0) is 6.92 Å². The second-order valence-electron chi connectivity index (χ2n) is 4.21. The van der Waals surface area contributed by atoms with E-state index in [-0.39, 0.29) is 29.5 Å². The Bertz CT molecular complexity index is 556. The second-order valence-corrected chi connectivity index (χ2v) is 4.21. The molecule has 4 radical (unpaired) electrons. The number of ether oxygens (including phenoxy) is 1. The van der Waals surface area contributed by atoms with Gasteiger partial charge in [-0.15, -0.1) is 0 Å². The van der Waals surface area contributed by atoms with Crippen LogP contribution in [0.2, 0.25) is 0 Å². The summed E-state index contributed by atoms with van der Waals surface area (Å²) in [7, 11) is 0. The summed E-state index contributed by atoms with van der Waals surface area (Å²) in [6.45, 7) is 1.02. The number of aliphatic hydroxyl groups excluding tert-OH is 3. The summed E-state index contributed by atoms with van der Waals surface area (Å²) in [4.78, 5) is 24.9. The SMILES string of the molecule is Cc1cn([C@@H]2O[C@H](CO)[C@@H](O)[C@H]2O)c(=O)[nH]c1=O.[Sn]. The minimum Gasteiger partial charge on any atom is -0.394 e. The molecule has 0 saturated carbocycles. The molecule has 19 heavy (non-hydrogen) atoms. The molecule has 4 atom stereocenters. The molecule has 0 bridgehead atoms. The fourth-order valence-electron chi connectivity index (χ4n) is 1.88. The van der Waals surface area contributed by atoms with Gasteiger partial charge in [-0.2, -0.15) is 0 Å². The molecule has 104 valence electrons. The Morgan fingerprint density at radius 2 is 2.00 bits per heavy atom. The number of H-pyrrole nitrogens is 1. The van der Waals surface area contributed by atoms with Gasteiger partial charge in [-0.3, -0.25) is 14.3 Å². The van der Waals surface area contributed by atoms with E-state index in [1.807, 2.05) is 0 Å². The quantitative estimate of drug-likeness (QED) is 0.410. The van der Waals surface area contributed by atoms with Crippen LogP contribution < -0.4 is 11.2 Å². The van der Waals surface area contributed by atoms with Crippen molar-refractivity contribution in [3.8, 4) is 0 Å². The first kappa shape index (κ1) is 16.4. The Morgan fingerprint density at radius 1 is 1.37 bits per heavy atom. The van der Waals surface area contributed by atoms with Gasteiger partial charge in [-0.25, -0.2) is 4.79 Å². The summed E-state index contributed by atoms with van der Waals surface area (Å²) in [5.74, 6) is 0. The Labute approximate surface area is 124 Å². The monoisotopic (exact) mass is 378 g/mol. The molecule has 4 N–H and O–H groups in total. The summed E-state index contributed by atoms with van der Waals surface area (Å²) in [6, 6.07) is 0. The maximum Gasteiger partial charge on any atom is 0.330 e. The van der Waals surface area contributed by atoms with Gasteiger partial charge >= 0.3 is 5.69 Å². The number of rotatable bonds is 2. The van der Waals surface area contributed by atoms with Gasteiger partial charge in [-0.1, -0.05) is 0 Å². The van der Waals surface area contributed by atoms with E-state index in [1.165, 1.54) is 13.1 Å². The number of nitrogens with zero attached hydrogens (tertiary/aromatic N) is 1.